The minimum absolute atomic E-state index is 0.00633. The Balaban J connectivity index is 1.57. The van der Waals surface area contributed by atoms with E-state index in [0.29, 0.717) is 11.5 Å². The first-order valence-electron chi connectivity index (χ1n) is 9.09. The molecule has 24 heavy (non-hydrogen) atoms. The second-order valence-electron chi connectivity index (χ2n) is 7.21. The summed E-state index contributed by atoms with van der Waals surface area (Å²) in [6.45, 7) is 6.31. The minimum atomic E-state index is -0.177. The van der Waals surface area contributed by atoms with Crippen LogP contribution >= 0.6 is 0 Å². The topological polar surface area (TPSA) is 55.8 Å². The third-order valence-electron chi connectivity index (χ3n) is 5.47. The molecule has 132 valence electrons. The van der Waals surface area contributed by atoms with Crippen molar-refractivity contribution >= 4 is 11.6 Å². The Bertz CT molecular complexity index is 546. The van der Waals surface area contributed by atoms with Gasteiger partial charge in [-0.2, -0.15) is 0 Å². The standard InChI is InChI=1S/C19H29N3O2/c1-3-18(15-12-17(23)13-15)20-19(24)14-4-6-16(7-5-14)22-10-8-21(2)9-11-22/h4-7,15,17-18,23H,3,8-13H2,1-2H3,(H,20,24)/t15?,17?,18-/m1/s1. The second kappa shape index (κ2) is 7.53. The van der Waals surface area contributed by atoms with Crippen molar-refractivity contribution in [1.82, 2.24) is 10.2 Å². The summed E-state index contributed by atoms with van der Waals surface area (Å²) in [5.41, 5.74) is 1.90. The van der Waals surface area contributed by atoms with Crippen LogP contribution in [-0.4, -0.2) is 61.3 Å². The van der Waals surface area contributed by atoms with Gasteiger partial charge in [-0.1, -0.05) is 6.92 Å². The molecule has 2 N–H and O–H groups in total. The molecule has 0 spiro atoms. The Morgan fingerprint density at radius 2 is 1.83 bits per heavy atom. The summed E-state index contributed by atoms with van der Waals surface area (Å²) in [6.07, 6.45) is 2.34. The molecule has 1 aliphatic heterocycles. The number of hydrogen-bond acceptors (Lipinski definition) is 4. The molecule has 1 saturated carbocycles. The van der Waals surface area contributed by atoms with E-state index in [2.05, 4.69) is 29.1 Å². The highest BCUT2D eigenvalue weighted by Gasteiger charge is 2.33. The monoisotopic (exact) mass is 331 g/mol. The smallest absolute Gasteiger partial charge is 0.251 e. The molecule has 2 aliphatic rings. The maximum Gasteiger partial charge on any atom is 0.251 e. The van der Waals surface area contributed by atoms with Crippen LogP contribution in [0, 0.1) is 5.92 Å². The summed E-state index contributed by atoms with van der Waals surface area (Å²) in [5.74, 6) is 0.409. The number of amides is 1. The van der Waals surface area contributed by atoms with Gasteiger partial charge in [-0.25, -0.2) is 0 Å². The largest absolute Gasteiger partial charge is 0.393 e. The highest BCUT2D eigenvalue weighted by Crippen LogP contribution is 2.31. The van der Waals surface area contributed by atoms with E-state index in [4.69, 9.17) is 0 Å². The van der Waals surface area contributed by atoms with Crippen LogP contribution in [0.2, 0.25) is 0 Å². The van der Waals surface area contributed by atoms with Gasteiger partial charge in [0.15, 0.2) is 0 Å². The number of carbonyl (C=O) groups is 1. The Kier molecular flexibility index (Phi) is 5.41. The van der Waals surface area contributed by atoms with E-state index in [-0.39, 0.29) is 18.1 Å². The maximum absolute atomic E-state index is 12.5. The second-order valence-corrected chi connectivity index (χ2v) is 7.21. The summed E-state index contributed by atoms with van der Waals surface area (Å²) < 4.78 is 0. The molecule has 1 aromatic rings. The number of rotatable bonds is 5. The van der Waals surface area contributed by atoms with Gasteiger partial charge in [0, 0.05) is 43.5 Å². The van der Waals surface area contributed by atoms with E-state index in [0.717, 1.165) is 45.4 Å². The van der Waals surface area contributed by atoms with E-state index < -0.39 is 0 Å². The van der Waals surface area contributed by atoms with Crippen molar-refractivity contribution in [2.24, 2.45) is 5.92 Å². The summed E-state index contributed by atoms with van der Waals surface area (Å²) >= 11 is 0. The van der Waals surface area contributed by atoms with Crippen LogP contribution in [-0.2, 0) is 0 Å². The number of piperazine rings is 1. The van der Waals surface area contributed by atoms with Gasteiger partial charge < -0.3 is 20.2 Å². The molecule has 1 aliphatic carbocycles. The lowest BCUT2D eigenvalue weighted by Gasteiger charge is -2.37. The highest BCUT2D eigenvalue weighted by atomic mass is 16.3. The molecule has 0 radical (unpaired) electrons. The zero-order chi connectivity index (χ0) is 17.1. The number of nitrogens with one attached hydrogen (secondary N) is 1. The Morgan fingerprint density at radius 3 is 2.38 bits per heavy atom. The Labute approximate surface area is 144 Å². The van der Waals surface area contributed by atoms with Crippen molar-refractivity contribution in [2.75, 3.05) is 38.1 Å². The molecule has 0 aromatic heterocycles. The third-order valence-corrected chi connectivity index (χ3v) is 5.47. The van der Waals surface area contributed by atoms with Gasteiger partial charge >= 0.3 is 0 Å². The predicted octanol–water partition coefficient (Wildman–Crippen LogP) is 1.72. The maximum atomic E-state index is 12.5. The van der Waals surface area contributed by atoms with Crippen LogP contribution < -0.4 is 10.2 Å². The molecule has 1 aromatic carbocycles. The zero-order valence-electron chi connectivity index (χ0n) is 14.7. The molecule has 0 unspecified atom stereocenters. The van der Waals surface area contributed by atoms with E-state index in [1.165, 1.54) is 5.69 Å². The zero-order valence-corrected chi connectivity index (χ0v) is 14.7. The molecule has 1 saturated heterocycles. The predicted molar refractivity (Wildman–Crippen MR) is 96.4 cm³/mol. The van der Waals surface area contributed by atoms with Gasteiger partial charge in [0.1, 0.15) is 0 Å². The molecule has 1 amide bonds. The fourth-order valence-corrected chi connectivity index (χ4v) is 3.65. The van der Waals surface area contributed by atoms with Crippen LogP contribution in [0.1, 0.15) is 36.5 Å². The van der Waals surface area contributed by atoms with Crippen molar-refractivity contribution in [1.29, 1.82) is 0 Å². The normalized spacial score (nSPS) is 25.9. The van der Waals surface area contributed by atoms with Crippen molar-refractivity contribution in [3.63, 3.8) is 0 Å². The fourth-order valence-electron chi connectivity index (χ4n) is 3.65. The number of anilines is 1. The number of nitrogens with zero attached hydrogens (tertiary/aromatic N) is 2. The summed E-state index contributed by atoms with van der Waals surface area (Å²) in [7, 11) is 2.15. The summed E-state index contributed by atoms with van der Waals surface area (Å²) in [6, 6.07) is 8.11. The van der Waals surface area contributed by atoms with E-state index in [1.54, 1.807) is 0 Å². The lowest BCUT2D eigenvalue weighted by Crippen LogP contribution is -2.46. The van der Waals surface area contributed by atoms with Crippen LogP contribution in [0.4, 0.5) is 5.69 Å². The first-order chi connectivity index (χ1) is 11.6. The fraction of sp³-hybridized carbons (Fsp3) is 0.632. The molecular formula is C19H29N3O2. The Hall–Kier alpha value is -1.59. The van der Waals surface area contributed by atoms with Gasteiger partial charge in [-0.3, -0.25) is 4.79 Å². The van der Waals surface area contributed by atoms with Crippen molar-refractivity contribution in [3.8, 4) is 0 Å². The van der Waals surface area contributed by atoms with Crippen LogP contribution in [0.5, 0.6) is 0 Å². The van der Waals surface area contributed by atoms with Crippen molar-refractivity contribution < 1.29 is 9.90 Å². The van der Waals surface area contributed by atoms with Gasteiger partial charge in [0.05, 0.1) is 6.10 Å². The first-order valence-corrected chi connectivity index (χ1v) is 9.09. The SMILES string of the molecule is CC[C@@H](NC(=O)c1ccc(N2CCN(C)CC2)cc1)C1CC(O)C1. The summed E-state index contributed by atoms with van der Waals surface area (Å²) in [4.78, 5) is 17.2. The van der Waals surface area contributed by atoms with E-state index in [9.17, 15) is 9.90 Å². The first kappa shape index (κ1) is 17.2. The lowest BCUT2D eigenvalue weighted by atomic mass is 9.76. The number of aliphatic hydroxyl groups excluding tert-OH is 1. The Morgan fingerprint density at radius 1 is 1.21 bits per heavy atom. The molecule has 5 heteroatoms. The number of carbonyl (C=O) groups excluding carboxylic acids is 1. The number of aliphatic hydroxyl groups is 1. The number of hydrogen-bond donors (Lipinski definition) is 2. The molecule has 3 rings (SSSR count). The number of likely N-dealkylation sites (N-methyl/N-ethyl adjacent to an activating group) is 1. The summed E-state index contributed by atoms with van der Waals surface area (Å²) in [5, 5.41) is 12.6. The van der Waals surface area contributed by atoms with Gasteiger partial charge in [0.25, 0.3) is 5.91 Å². The van der Waals surface area contributed by atoms with Gasteiger partial charge in [-0.15, -0.1) is 0 Å². The number of benzene rings is 1. The van der Waals surface area contributed by atoms with Crippen LogP contribution in [0.15, 0.2) is 24.3 Å². The van der Waals surface area contributed by atoms with Crippen molar-refractivity contribution in [3.05, 3.63) is 29.8 Å². The average molecular weight is 331 g/mol. The van der Waals surface area contributed by atoms with Gasteiger partial charge in [0.2, 0.25) is 0 Å². The average Bonchev–Trinajstić information content (AvgIpc) is 2.58. The minimum Gasteiger partial charge on any atom is -0.393 e. The van der Waals surface area contributed by atoms with E-state index in [1.807, 2.05) is 24.3 Å². The lowest BCUT2D eigenvalue weighted by molar-refractivity contribution is 0.0232. The molecule has 1 atom stereocenters. The molecule has 5 nitrogen and oxygen atoms in total. The molecule has 0 bridgehead atoms. The van der Waals surface area contributed by atoms with Crippen LogP contribution in [0.25, 0.3) is 0 Å². The van der Waals surface area contributed by atoms with E-state index >= 15 is 0 Å². The molecule has 1 heterocycles. The highest BCUT2D eigenvalue weighted by molar-refractivity contribution is 5.94. The van der Waals surface area contributed by atoms with Crippen molar-refractivity contribution in [2.45, 2.75) is 38.3 Å². The quantitative estimate of drug-likeness (QED) is 0.863. The van der Waals surface area contributed by atoms with Gasteiger partial charge in [-0.05, 0) is 56.5 Å². The van der Waals surface area contributed by atoms with Crippen LogP contribution in [0.3, 0.4) is 0 Å². The molecule has 2 fully saturated rings. The molecular weight excluding hydrogens is 302 g/mol. The third kappa shape index (κ3) is 3.90.